The van der Waals surface area contributed by atoms with E-state index >= 15 is 0 Å². The molecule has 1 atom stereocenters. The molecular formula is C35H37ClFN3O4S. The molecule has 0 aliphatic rings. The first-order valence-electron chi connectivity index (χ1n) is 14.6. The molecule has 0 saturated heterocycles. The fraction of sp³-hybridized carbons (Fsp3) is 0.257. The average Bonchev–Trinajstić information content (AvgIpc) is 3.00. The Kier molecular flexibility index (Phi) is 11.0. The summed E-state index contributed by atoms with van der Waals surface area (Å²) in [4.78, 5) is 29.6. The Labute approximate surface area is 269 Å². The standard InChI is InChI=1S/C35H37ClFN3O4S/c1-24(2)38-35(42)33(20-27-8-6-5-7-9-27)39(22-28-13-16-30(37)17-14-28)34(41)23-40(32-21-29(36)15-12-26(32)4)45(43,44)31-18-10-25(3)11-19-31/h5-19,21,24,33H,20,22-23H2,1-4H3,(H,38,42). The molecule has 4 aromatic rings. The molecule has 0 bridgehead atoms. The van der Waals surface area contributed by atoms with Crippen molar-refractivity contribution in [3.05, 3.63) is 130 Å². The first-order chi connectivity index (χ1) is 21.3. The first-order valence-corrected chi connectivity index (χ1v) is 16.4. The van der Waals surface area contributed by atoms with E-state index < -0.39 is 40.2 Å². The number of anilines is 1. The summed E-state index contributed by atoms with van der Waals surface area (Å²) < 4.78 is 43.2. The molecule has 10 heteroatoms. The molecule has 0 spiro atoms. The maximum absolute atomic E-state index is 14.5. The molecular weight excluding hydrogens is 613 g/mol. The number of carbonyl (C=O) groups is 2. The van der Waals surface area contributed by atoms with Gasteiger partial charge >= 0.3 is 0 Å². The molecule has 0 aromatic heterocycles. The zero-order valence-corrected chi connectivity index (χ0v) is 27.3. The van der Waals surface area contributed by atoms with Crippen LogP contribution in [0.1, 0.15) is 36.1 Å². The number of carbonyl (C=O) groups excluding carboxylic acids is 2. The van der Waals surface area contributed by atoms with Crippen molar-refractivity contribution in [3.8, 4) is 0 Å². The number of amides is 2. The van der Waals surface area contributed by atoms with Crippen molar-refractivity contribution < 1.29 is 22.4 Å². The summed E-state index contributed by atoms with van der Waals surface area (Å²) in [5.41, 5.74) is 3.09. The van der Waals surface area contributed by atoms with Gasteiger partial charge in [-0.1, -0.05) is 77.8 Å². The Morgan fingerprint density at radius 1 is 0.867 bits per heavy atom. The average molecular weight is 650 g/mol. The van der Waals surface area contributed by atoms with E-state index in [1.165, 1.54) is 47.4 Å². The zero-order valence-electron chi connectivity index (χ0n) is 25.7. The van der Waals surface area contributed by atoms with Crippen molar-refractivity contribution >= 4 is 39.1 Å². The number of sulfonamides is 1. The van der Waals surface area contributed by atoms with Crippen LogP contribution < -0.4 is 9.62 Å². The third kappa shape index (κ3) is 8.71. The van der Waals surface area contributed by atoms with E-state index in [9.17, 15) is 22.4 Å². The quantitative estimate of drug-likeness (QED) is 0.191. The number of hydrogen-bond donors (Lipinski definition) is 1. The van der Waals surface area contributed by atoms with Crippen molar-refractivity contribution in [3.63, 3.8) is 0 Å². The summed E-state index contributed by atoms with van der Waals surface area (Å²) in [6.45, 7) is 6.55. The molecule has 0 heterocycles. The van der Waals surface area contributed by atoms with E-state index in [1.54, 1.807) is 31.2 Å². The molecule has 4 aromatic carbocycles. The van der Waals surface area contributed by atoms with E-state index in [4.69, 9.17) is 11.6 Å². The van der Waals surface area contributed by atoms with Gasteiger partial charge in [0.05, 0.1) is 10.6 Å². The molecule has 0 saturated carbocycles. The molecule has 0 radical (unpaired) electrons. The lowest BCUT2D eigenvalue weighted by Gasteiger charge is -2.34. The second-order valence-corrected chi connectivity index (χ2v) is 13.6. The predicted octanol–water partition coefficient (Wildman–Crippen LogP) is 6.46. The SMILES string of the molecule is Cc1ccc(S(=O)(=O)N(CC(=O)N(Cc2ccc(F)cc2)C(Cc2ccccc2)C(=O)NC(C)C)c2cc(Cl)ccc2C)cc1. The molecule has 2 amide bonds. The number of nitrogens with one attached hydrogen (secondary N) is 1. The van der Waals surface area contributed by atoms with Gasteiger partial charge in [0.25, 0.3) is 10.0 Å². The molecule has 236 valence electrons. The number of nitrogens with zero attached hydrogens (tertiary/aromatic N) is 2. The fourth-order valence-corrected chi connectivity index (χ4v) is 6.56. The Morgan fingerprint density at radius 3 is 2.13 bits per heavy atom. The van der Waals surface area contributed by atoms with Crippen LogP contribution in [0, 0.1) is 19.7 Å². The van der Waals surface area contributed by atoms with Crippen LogP contribution in [0.2, 0.25) is 5.02 Å². The highest BCUT2D eigenvalue weighted by Gasteiger charge is 2.35. The molecule has 7 nitrogen and oxygen atoms in total. The third-order valence-electron chi connectivity index (χ3n) is 7.30. The molecule has 0 fully saturated rings. The number of halogens is 2. The summed E-state index contributed by atoms with van der Waals surface area (Å²) in [7, 11) is -4.26. The van der Waals surface area contributed by atoms with E-state index in [-0.39, 0.29) is 29.6 Å². The number of rotatable bonds is 12. The van der Waals surface area contributed by atoms with Gasteiger partial charge in [-0.05, 0) is 80.8 Å². The minimum absolute atomic E-state index is 0.00347. The predicted molar refractivity (Wildman–Crippen MR) is 176 cm³/mol. The minimum Gasteiger partial charge on any atom is -0.352 e. The van der Waals surface area contributed by atoms with E-state index in [1.807, 2.05) is 51.1 Å². The lowest BCUT2D eigenvalue weighted by Crippen LogP contribution is -2.54. The molecule has 45 heavy (non-hydrogen) atoms. The van der Waals surface area contributed by atoms with Gasteiger partial charge in [-0.15, -0.1) is 0 Å². The van der Waals surface area contributed by atoms with Crippen molar-refractivity contribution in [2.45, 2.75) is 57.6 Å². The van der Waals surface area contributed by atoms with Crippen LogP contribution in [0.5, 0.6) is 0 Å². The lowest BCUT2D eigenvalue weighted by molar-refractivity contribution is -0.140. The third-order valence-corrected chi connectivity index (χ3v) is 9.30. The first kappa shape index (κ1) is 33.7. The smallest absolute Gasteiger partial charge is 0.264 e. The van der Waals surface area contributed by atoms with Gasteiger partial charge in [-0.2, -0.15) is 0 Å². The van der Waals surface area contributed by atoms with Crippen LogP contribution in [0.4, 0.5) is 10.1 Å². The molecule has 0 aliphatic heterocycles. The second-order valence-electron chi connectivity index (χ2n) is 11.3. The largest absolute Gasteiger partial charge is 0.352 e. The summed E-state index contributed by atoms with van der Waals surface area (Å²) >= 11 is 6.33. The Bertz CT molecular complexity index is 1730. The molecule has 0 aliphatic carbocycles. The molecule has 4 rings (SSSR count). The Balaban J connectivity index is 1.83. The van der Waals surface area contributed by atoms with Crippen molar-refractivity contribution in [1.82, 2.24) is 10.2 Å². The second kappa shape index (κ2) is 14.7. The highest BCUT2D eigenvalue weighted by Crippen LogP contribution is 2.30. The minimum atomic E-state index is -4.26. The van der Waals surface area contributed by atoms with Crippen LogP contribution >= 0.6 is 11.6 Å². The van der Waals surface area contributed by atoms with Crippen LogP contribution in [0.25, 0.3) is 0 Å². The van der Waals surface area contributed by atoms with Crippen molar-refractivity contribution in [2.75, 3.05) is 10.8 Å². The van der Waals surface area contributed by atoms with Crippen molar-refractivity contribution in [1.29, 1.82) is 0 Å². The van der Waals surface area contributed by atoms with Crippen LogP contribution in [-0.2, 0) is 32.6 Å². The summed E-state index contributed by atoms with van der Waals surface area (Å²) in [6, 6.07) is 24.9. The van der Waals surface area contributed by atoms with Gasteiger partial charge in [0.2, 0.25) is 11.8 Å². The number of hydrogen-bond acceptors (Lipinski definition) is 4. The highest BCUT2D eigenvalue weighted by atomic mass is 35.5. The van der Waals surface area contributed by atoms with Gasteiger partial charge in [0, 0.05) is 24.0 Å². The monoisotopic (exact) mass is 649 g/mol. The van der Waals surface area contributed by atoms with Crippen LogP contribution in [0.3, 0.4) is 0 Å². The van der Waals surface area contributed by atoms with E-state index in [0.717, 1.165) is 15.4 Å². The topological polar surface area (TPSA) is 86.8 Å². The summed E-state index contributed by atoms with van der Waals surface area (Å²) in [6.07, 6.45) is 0.174. The summed E-state index contributed by atoms with van der Waals surface area (Å²) in [5, 5.41) is 3.21. The maximum atomic E-state index is 14.5. The summed E-state index contributed by atoms with van der Waals surface area (Å²) in [5.74, 6) is -1.45. The fourth-order valence-electron chi connectivity index (χ4n) is 4.92. The number of benzene rings is 4. The van der Waals surface area contributed by atoms with Gasteiger partial charge in [-0.3, -0.25) is 13.9 Å². The normalized spacial score (nSPS) is 12.1. The lowest BCUT2D eigenvalue weighted by atomic mass is 10.0. The van der Waals surface area contributed by atoms with Gasteiger partial charge in [-0.25, -0.2) is 12.8 Å². The van der Waals surface area contributed by atoms with Crippen LogP contribution in [-0.4, -0.2) is 43.8 Å². The Morgan fingerprint density at radius 2 is 1.51 bits per heavy atom. The van der Waals surface area contributed by atoms with Gasteiger partial charge < -0.3 is 10.2 Å². The number of aryl methyl sites for hydroxylation is 2. The van der Waals surface area contributed by atoms with E-state index in [2.05, 4.69) is 5.32 Å². The molecule has 1 unspecified atom stereocenters. The zero-order chi connectivity index (χ0) is 32.7. The Hall–Kier alpha value is -4.21. The molecule has 1 N–H and O–H groups in total. The maximum Gasteiger partial charge on any atom is 0.264 e. The van der Waals surface area contributed by atoms with Crippen molar-refractivity contribution in [2.24, 2.45) is 0 Å². The van der Waals surface area contributed by atoms with Gasteiger partial charge in [0.15, 0.2) is 0 Å². The van der Waals surface area contributed by atoms with E-state index in [0.29, 0.717) is 16.1 Å². The van der Waals surface area contributed by atoms with Crippen LogP contribution in [0.15, 0.2) is 102 Å². The highest BCUT2D eigenvalue weighted by molar-refractivity contribution is 7.92. The van der Waals surface area contributed by atoms with Gasteiger partial charge in [0.1, 0.15) is 18.4 Å².